The van der Waals surface area contributed by atoms with Crippen LogP contribution in [-0.2, 0) is 17.6 Å². The van der Waals surface area contributed by atoms with E-state index in [9.17, 15) is 9.90 Å². The van der Waals surface area contributed by atoms with Crippen molar-refractivity contribution in [1.82, 2.24) is 4.98 Å². The second kappa shape index (κ2) is 8.61. The third-order valence-corrected chi connectivity index (χ3v) is 4.08. The smallest absolute Gasteiger partial charge is 0.226 e. The quantitative estimate of drug-likeness (QED) is 0.630. The molecule has 0 aliphatic carbocycles. The number of methoxy groups -OCH3 is 1. The molecule has 0 atom stereocenters. The van der Waals surface area contributed by atoms with Gasteiger partial charge in [-0.3, -0.25) is 4.79 Å². The molecular formula is C22H23NO5. The van der Waals surface area contributed by atoms with Crippen molar-refractivity contribution in [3.8, 4) is 28.7 Å². The number of phenolic OH excluding ortho intramolecular Hbond substituents is 1. The summed E-state index contributed by atoms with van der Waals surface area (Å²) in [6.07, 6.45) is 1.91. The molecule has 146 valence electrons. The Balaban J connectivity index is 1.69. The summed E-state index contributed by atoms with van der Waals surface area (Å²) < 4.78 is 16.3. The first-order chi connectivity index (χ1) is 13.5. The molecule has 0 spiro atoms. The number of ketones is 1. The lowest BCUT2D eigenvalue weighted by Crippen LogP contribution is -2.11. The topological polar surface area (TPSA) is 81.8 Å². The van der Waals surface area contributed by atoms with Gasteiger partial charge in [-0.2, -0.15) is 0 Å². The van der Waals surface area contributed by atoms with Crippen molar-refractivity contribution < 1.29 is 23.8 Å². The molecule has 2 aromatic carbocycles. The minimum atomic E-state index is -0.00224. The molecule has 0 bridgehead atoms. The number of ether oxygens (including phenoxy) is 2. The van der Waals surface area contributed by atoms with Crippen LogP contribution in [0.25, 0.3) is 11.5 Å². The van der Waals surface area contributed by atoms with Crippen LogP contribution in [-0.4, -0.2) is 29.1 Å². The zero-order valence-electron chi connectivity index (χ0n) is 16.1. The van der Waals surface area contributed by atoms with E-state index in [-0.39, 0.29) is 30.5 Å². The van der Waals surface area contributed by atoms with Crippen LogP contribution in [0.1, 0.15) is 25.1 Å². The first kappa shape index (κ1) is 19.5. The van der Waals surface area contributed by atoms with Crippen LogP contribution in [0.4, 0.5) is 0 Å². The van der Waals surface area contributed by atoms with Crippen molar-refractivity contribution in [2.24, 2.45) is 0 Å². The van der Waals surface area contributed by atoms with E-state index in [0.717, 1.165) is 11.3 Å². The Hall–Kier alpha value is -3.28. The molecule has 0 saturated heterocycles. The van der Waals surface area contributed by atoms with Crippen LogP contribution in [0.3, 0.4) is 0 Å². The fraction of sp³-hybridized carbons (Fsp3) is 0.273. The maximum Gasteiger partial charge on any atom is 0.226 e. The number of carbonyl (C=O) groups excluding carboxylic acids is 1. The van der Waals surface area contributed by atoms with Gasteiger partial charge in [-0.15, -0.1) is 0 Å². The molecule has 1 N–H and O–H groups in total. The normalized spacial score (nSPS) is 10.9. The molecule has 28 heavy (non-hydrogen) atoms. The molecule has 3 rings (SSSR count). The predicted molar refractivity (Wildman–Crippen MR) is 105 cm³/mol. The molecule has 1 heterocycles. The van der Waals surface area contributed by atoms with E-state index in [1.54, 1.807) is 12.1 Å². The highest BCUT2D eigenvalue weighted by atomic mass is 16.5. The number of para-hydroxylation sites is 1. The number of carbonyl (C=O) groups is 1. The standard InChI is InChI=1S/C22H23NO5/c1-14(2)28-20-7-5-4-6-15(20)10-18(24)12-17-13-27-22(23-17)16-8-9-21(26-3)19(25)11-16/h4-9,11,13-14,25H,10,12H2,1-3H3. The van der Waals surface area contributed by atoms with E-state index in [0.29, 0.717) is 22.9 Å². The van der Waals surface area contributed by atoms with Crippen molar-refractivity contribution in [3.05, 3.63) is 60.0 Å². The lowest BCUT2D eigenvalue weighted by molar-refractivity contribution is -0.117. The van der Waals surface area contributed by atoms with Gasteiger partial charge in [0.1, 0.15) is 17.8 Å². The van der Waals surface area contributed by atoms with Crippen LogP contribution >= 0.6 is 0 Å². The molecule has 6 heteroatoms. The van der Waals surface area contributed by atoms with Crippen LogP contribution < -0.4 is 9.47 Å². The number of phenols is 1. The van der Waals surface area contributed by atoms with Crippen molar-refractivity contribution in [2.45, 2.75) is 32.8 Å². The summed E-state index contributed by atoms with van der Waals surface area (Å²) in [6, 6.07) is 12.4. The van der Waals surface area contributed by atoms with Gasteiger partial charge in [0.2, 0.25) is 5.89 Å². The highest BCUT2D eigenvalue weighted by molar-refractivity contribution is 5.83. The van der Waals surface area contributed by atoms with Gasteiger partial charge in [0.25, 0.3) is 0 Å². The molecule has 6 nitrogen and oxygen atoms in total. The van der Waals surface area contributed by atoms with Gasteiger partial charge in [0, 0.05) is 17.5 Å². The van der Waals surface area contributed by atoms with Gasteiger partial charge in [0.15, 0.2) is 11.5 Å². The fourth-order valence-electron chi connectivity index (χ4n) is 2.84. The zero-order valence-corrected chi connectivity index (χ0v) is 16.1. The average molecular weight is 381 g/mol. The van der Waals surface area contributed by atoms with Gasteiger partial charge in [-0.05, 0) is 38.1 Å². The second-order valence-corrected chi connectivity index (χ2v) is 6.70. The Morgan fingerprint density at radius 3 is 2.64 bits per heavy atom. The average Bonchev–Trinajstić information content (AvgIpc) is 3.11. The number of benzene rings is 2. The summed E-state index contributed by atoms with van der Waals surface area (Å²) in [5.41, 5.74) is 2.00. The number of hydrogen-bond donors (Lipinski definition) is 1. The summed E-state index contributed by atoms with van der Waals surface area (Å²) in [5.74, 6) is 1.44. The van der Waals surface area contributed by atoms with Crippen LogP contribution in [0.15, 0.2) is 53.1 Å². The van der Waals surface area contributed by atoms with Crippen molar-refractivity contribution in [1.29, 1.82) is 0 Å². The van der Waals surface area contributed by atoms with Crippen molar-refractivity contribution in [3.63, 3.8) is 0 Å². The first-order valence-corrected chi connectivity index (χ1v) is 9.04. The van der Waals surface area contributed by atoms with Crippen molar-refractivity contribution >= 4 is 5.78 Å². The lowest BCUT2D eigenvalue weighted by Gasteiger charge is -2.13. The number of rotatable bonds is 8. The molecule has 3 aromatic rings. The number of aromatic nitrogens is 1. The van der Waals surface area contributed by atoms with E-state index >= 15 is 0 Å². The van der Waals surface area contributed by atoms with Gasteiger partial charge < -0.3 is 19.0 Å². The van der Waals surface area contributed by atoms with Gasteiger partial charge in [-0.1, -0.05) is 18.2 Å². The maximum absolute atomic E-state index is 12.5. The largest absolute Gasteiger partial charge is 0.504 e. The van der Waals surface area contributed by atoms with Crippen LogP contribution in [0.5, 0.6) is 17.2 Å². The molecule has 0 radical (unpaired) electrons. The summed E-state index contributed by atoms with van der Waals surface area (Å²) in [6.45, 7) is 3.90. The molecule has 0 amide bonds. The molecule has 0 aliphatic rings. The molecule has 0 fully saturated rings. The summed E-state index contributed by atoms with van der Waals surface area (Å²) in [5, 5.41) is 9.90. The Kier molecular flexibility index (Phi) is 5.99. The van der Waals surface area contributed by atoms with E-state index < -0.39 is 0 Å². The molecule has 0 saturated carbocycles. The van der Waals surface area contributed by atoms with Crippen molar-refractivity contribution in [2.75, 3.05) is 7.11 Å². The number of hydrogen-bond acceptors (Lipinski definition) is 6. The zero-order chi connectivity index (χ0) is 20.1. The third kappa shape index (κ3) is 4.71. The molecular weight excluding hydrogens is 358 g/mol. The Morgan fingerprint density at radius 1 is 1.14 bits per heavy atom. The predicted octanol–water partition coefficient (Wildman–Crippen LogP) is 4.20. The van der Waals surface area contributed by atoms with Gasteiger partial charge in [0.05, 0.1) is 25.3 Å². The summed E-state index contributed by atoms with van der Waals surface area (Å²) >= 11 is 0. The summed E-state index contributed by atoms with van der Waals surface area (Å²) in [4.78, 5) is 16.9. The van der Waals surface area contributed by atoms with Crippen LogP contribution in [0.2, 0.25) is 0 Å². The molecule has 1 aromatic heterocycles. The Morgan fingerprint density at radius 2 is 1.93 bits per heavy atom. The SMILES string of the molecule is COc1ccc(-c2nc(CC(=O)Cc3ccccc3OC(C)C)co2)cc1O. The first-order valence-electron chi connectivity index (χ1n) is 9.04. The Bertz CT molecular complexity index is 961. The fourth-order valence-corrected chi connectivity index (χ4v) is 2.84. The van der Waals surface area contributed by atoms with Gasteiger partial charge >= 0.3 is 0 Å². The highest BCUT2D eigenvalue weighted by Crippen LogP contribution is 2.31. The van der Waals surface area contributed by atoms with E-state index in [2.05, 4.69) is 4.98 Å². The molecule has 0 unspecified atom stereocenters. The van der Waals surface area contributed by atoms with E-state index in [1.807, 2.05) is 38.1 Å². The lowest BCUT2D eigenvalue weighted by atomic mass is 10.0. The number of nitrogens with zero attached hydrogens (tertiary/aromatic N) is 1. The third-order valence-electron chi connectivity index (χ3n) is 4.08. The Labute approximate surface area is 163 Å². The number of aromatic hydroxyl groups is 1. The second-order valence-electron chi connectivity index (χ2n) is 6.70. The minimum Gasteiger partial charge on any atom is -0.504 e. The minimum absolute atomic E-state index is 0.00224. The highest BCUT2D eigenvalue weighted by Gasteiger charge is 2.15. The van der Waals surface area contributed by atoms with E-state index in [4.69, 9.17) is 13.9 Å². The monoisotopic (exact) mass is 381 g/mol. The maximum atomic E-state index is 12.5. The number of oxazole rings is 1. The van der Waals surface area contributed by atoms with E-state index in [1.165, 1.54) is 19.4 Å². The summed E-state index contributed by atoms with van der Waals surface area (Å²) in [7, 11) is 1.48. The van der Waals surface area contributed by atoms with Crippen LogP contribution in [0, 0.1) is 0 Å². The molecule has 0 aliphatic heterocycles. The number of Topliss-reactive ketones (excluding diaryl/α,β-unsaturated/α-hetero) is 1. The van der Waals surface area contributed by atoms with Gasteiger partial charge in [-0.25, -0.2) is 4.98 Å².